The van der Waals surface area contributed by atoms with Crippen LogP contribution in [-0.4, -0.2) is 29.7 Å². The zero-order chi connectivity index (χ0) is 17.6. The van der Waals surface area contributed by atoms with Crippen LogP contribution < -0.4 is 34.9 Å². The molecule has 0 saturated carbocycles. The van der Waals surface area contributed by atoms with Gasteiger partial charge >= 0.3 is 29.6 Å². The molecule has 0 heterocycles. The van der Waals surface area contributed by atoms with Gasteiger partial charge in [-0.1, -0.05) is 25.6 Å². The molecule has 0 saturated heterocycles. The molecular weight excluding hydrogens is 361 g/mol. The molecule has 9 heteroatoms. The molecule has 1 N–H and O–H groups in total. The summed E-state index contributed by atoms with van der Waals surface area (Å²) < 4.78 is 32.6. The summed E-state index contributed by atoms with van der Waals surface area (Å²) in [4.78, 5) is 23.1. The smallest absolute Gasteiger partial charge is 0.744 e. The Kier molecular flexibility index (Phi) is 10.4. The number of benzene rings is 1. The number of anilines is 1. The third-order valence-electron chi connectivity index (χ3n) is 3.03. The van der Waals surface area contributed by atoms with Gasteiger partial charge in [-0.2, -0.15) is 0 Å². The number of hydrogen-bond acceptors (Lipinski definition) is 6. The maximum Gasteiger partial charge on any atom is 1.00 e. The van der Waals surface area contributed by atoms with Crippen molar-refractivity contribution in [2.75, 3.05) is 11.1 Å². The fourth-order valence-corrected chi connectivity index (χ4v) is 3.18. The van der Waals surface area contributed by atoms with Gasteiger partial charge in [-0.05, 0) is 36.6 Å². The summed E-state index contributed by atoms with van der Waals surface area (Å²) in [6.07, 6.45) is 0.638. The molecule has 0 fully saturated rings. The zero-order valence-corrected chi connectivity index (χ0v) is 17.9. The average molecular weight is 381 g/mol. The molecule has 1 aromatic rings. The molecule has 1 aromatic carbocycles. The monoisotopic (exact) mass is 381 g/mol. The van der Waals surface area contributed by atoms with Crippen LogP contribution in [0, 0.1) is 11.8 Å². The first kappa shape index (κ1) is 23.6. The van der Waals surface area contributed by atoms with E-state index in [1.165, 1.54) is 19.1 Å². The fraction of sp³-hybridized carbons (Fsp3) is 0.467. The number of hydrogen-bond donors (Lipinski definition) is 1. The van der Waals surface area contributed by atoms with Crippen molar-refractivity contribution in [3.8, 4) is 0 Å². The third kappa shape index (κ3) is 8.64. The molecule has 0 aromatic heterocycles. The van der Waals surface area contributed by atoms with Crippen LogP contribution in [0.25, 0.3) is 0 Å². The molecule has 0 radical (unpaired) electrons. The van der Waals surface area contributed by atoms with Crippen molar-refractivity contribution in [2.45, 2.75) is 32.1 Å². The Morgan fingerprint density at radius 3 is 2.17 bits per heavy atom. The average Bonchev–Trinajstić information content (AvgIpc) is 2.42. The molecule has 1 atom stereocenters. The van der Waals surface area contributed by atoms with Crippen molar-refractivity contribution >= 4 is 38.6 Å². The molecule has 0 aliphatic heterocycles. The van der Waals surface area contributed by atoms with Crippen LogP contribution in [-0.2, 0) is 19.7 Å². The first-order valence-corrected chi connectivity index (χ1v) is 9.49. The summed E-state index contributed by atoms with van der Waals surface area (Å²) in [5.41, 5.74) is 0.406. The second-order valence-electron chi connectivity index (χ2n) is 5.60. The summed E-state index contributed by atoms with van der Waals surface area (Å²) in [5, 5.41) is 2.64. The van der Waals surface area contributed by atoms with E-state index < -0.39 is 10.1 Å². The van der Waals surface area contributed by atoms with E-state index in [9.17, 15) is 22.6 Å². The molecule has 6 nitrogen and oxygen atoms in total. The summed E-state index contributed by atoms with van der Waals surface area (Å²) >= 11 is 1.11. The molecule has 1 rings (SSSR count). The van der Waals surface area contributed by atoms with Gasteiger partial charge in [0.1, 0.15) is 10.1 Å². The summed E-state index contributed by atoms with van der Waals surface area (Å²) in [6.45, 7) is 5.44. The second kappa shape index (κ2) is 10.6. The van der Waals surface area contributed by atoms with Crippen LogP contribution in [0.1, 0.15) is 27.2 Å². The molecule has 0 bridgehead atoms. The normalized spacial score (nSPS) is 12.4. The first-order chi connectivity index (χ1) is 10.6. The van der Waals surface area contributed by atoms with Crippen LogP contribution in [0.15, 0.2) is 29.2 Å². The first-order valence-electron chi connectivity index (χ1n) is 7.09. The largest absolute Gasteiger partial charge is 1.00 e. The van der Waals surface area contributed by atoms with E-state index in [1.54, 1.807) is 0 Å². The van der Waals surface area contributed by atoms with E-state index >= 15 is 0 Å². The van der Waals surface area contributed by atoms with Gasteiger partial charge in [0.15, 0.2) is 5.12 Å². The second-order valence-corrected chi connectivity index (χ2v) is 8.17. The molecule has 128 valence electrons. The van der Waals surface area contributed by atoms with Crippen LogP contribution in [0.3, 0.4) is 0 Å². The minimum absolute atomic E-state index is 0. The zero-order valence-electron chi connectivity index (χ0n) is 14.2. The van der Waals surface area contributed by atoms with Crippen molar-refractivity contribution in [1.29, 1.82) is 0 Å². The Morgan fingerprint density at radius 2 is 1.75 bits per heavy atom. The number of nitrogens with one attached hydrogen (secondary N) is 1. The summed E-state index contributed by atoms with van der Waals surface area (Å²) in [7, 11) is -4.50. The number of amides is 1. The molecular formula is C15H20NNaO5S2. The van der Waals surface area contributed by atoms with Gasteiger partial charge in [0, 0.05) is 24.3 Å². The minimum atomic E-state index is -4.50. The predicted molar refractivity (Wildman–Crippen MR) is 89.1 cm³/mol. The van der Waals surface area contributed by atoms with Crippen LogP contribution in [0.5, 0.6) is 0 Å². The molecule has 1 unspecified atom stereocenters. The third-order valence-corrected chi connectivity index (χ3v) is 4.85. The standard InChI is InChI=1S/C15H21NO5S2.Na/c1-10(2)8-12(9-22-11(3)17)15(18)16-13-4-6-14(7-5-13)23(19,20)21;/h4-7,10,12H,8-9H2,1-3H3,(H,16,18)(H,19,20,21);/q;+1/p-1. The molecule has 1 amide bonds. The Morgan fingerprint density at radius 1 is 1.21 bits per heavy atom. The van der Waals surface area contributed by atoms with Gasteiger partial charge in [0.25, 0.3) is 0 Å². The molecule has 0 aliphatic rings. The van der Waals surface area contributed by atoms with Crippen molar-refractivity contribution in [3.63, 3.8) is 0 Å². The van der Waals surface area contributed by atoms with Gasteiger partial charge in [-0.15, -0.1) is 0 Å². The number of thioether (sulfide) groups is 1. The molecule has 24 heavy (non-hydrogen) atoms. The van der Waals surface area contributed by atoms with Crippen LogP contribution >= 0.6 is 11.8 Å². The van der Waals surface area contributed by atoms with E-state index in [2.05, 4.69) is 5.32 Å². The van der Waals surface area contributed by atoms with Gasteiger partial charge in [-0.3, -0.25) is 9.59 Å². The van der Waals surface area contributed by atoms with Crippen molar-refractivity contribution in [1.82, 2.24) is 0 Å². The van der Waals surface area contributed by atoms with E-state index in [0.29, 0.717) is 23.8 Å². The fourth-order valence-electron chi connectivity index (χ4n) is 1.99. The van der Waals surface area contributed by atoms with E-state index in [-0.39, 0.29) is 51.4 Å². The van der Waals surface area contributed by atoms with E-state index in [1.807, 2.05) is 13.8 Å². The maximum atomic E-state index is 12.3. The summed E-state index contributed by atoms with van der Waals surface area (Å²) in [6, 6.07) is 5.04. The number of carbonyl (C=O) groups excluding carboxylic acids is 2. The topological polar surface area (TPSA) is 103 Å². The van der Waals surface area contributed by atoms with Crippen molar-refractivity contribution < 1.29 is 52.1 Å². The van der Waals surface area contributed by atoms with Gasteiger partial charge in [0.05, 0.1) is 4.90 Å². The molecule has 0 spiro atoms. The minimum Gasteiger partial charge on any atom is -0.744 e. The van der Waals surface area contributed by atoms with E-state index in [4.69, 9.17) is 0 Å². The Balaban J connectivity index is 0.00000529. The van der Waals surface area contributed by atoms with Gasteiger partial charge < -0.3 is 9.87 Å². The molecule has 0 aliphatic carbocycles. The van der Waals surface area contributed by atoms with Crippen LogP contribution in [0.4, 0.5) is 5.69 Å². The summed E-state index contributed by atoms with van der Waals surface area (Å²) in [5.74, 6) is 0.134. The maximum absolute atomic E-state index is 12.3. The SMILES string of the molecule is CC(=O)SCC(CC(C)C)C(=O)Nc1ccc(S(=O)(=O)[O-])cc1.[Na+]. The quantitative estimate of drug-likeness (QED) is 0.503. The number of rotatable bonds is 7. The van der Waals surface area contributed by atoms with Crippen molar-refractivity contribution in [3.05, 3.63) is 24.3 Å². The number of carbonyl (C=O) groups is 2. The Hall–Kier alpha value is -0.380. The van der Waals surface area contributed by atoms with Gasteiger partial charge in [0.2, 0.25) is 5.91 Å². The Bertz CT molecular complexity index is 659. The van der Waals surface area contributed by atoms with Crippen LogP contribution in [0.2, 0.25) is 0 Å². The van der Waals surface area contributed by atoms with E-state index in [0.717, 1.165) is 23.9 Å². The Labute approximate surface area is 169 Å². The van der Waals surface area contributed by atoms with Gasteiger partial charge in [-0.25, -0.2) is 8.42 Å². The predicted octanol–water partition coefficient (Wildman–Crippen LogP) is -0.525. The van der Waals surface area contributed by atoms with Crippen molar-refractivity contribution in [2.24, 2.45) is 11.8 Å².